The molecular formula is C27H24ClFN8. The largest absolute Gasteiger partial charge is 0.387 e. The van der Waals surface area contributed by atoms with Crippen LogP contribution in [0.5, 0.6) is 0 Å². The molecule has 37 heavy (non-hydrogen) atoms. The molecule has 3 heterocycles. The quantitative estimate of drug-likeness (QED) is 0.205. The Labute approximate surface area is 217 Å². The third-order valence-electron chi connectivity index (χ3n) is 5.97. The number of imidazole rings is 1. The van der Waals surface area contributed by atoms with Crippen molar-refractivity contribution in [2.24, 2.45) is 10.7 Å². The zero-order valence-electron chi connectivity index (χ0n) is 20.4. The van der Waals surface area contributed by atoms with Crippen LogP contribution in [-0.4, -0.2) is 31.2 Å². The van der Waals surface area contributed by atoms with E-state index in [4.69, 9.17) is 33.5 Å². The third kappa shape index (κ3) is 4.27. The normalized spacial score (nSPS) is 12.1. The van der Waals surface area contributed by atoms with E-state index in [9.17, 15) is 0 Å². The van der Waals surface area contributed by atoms with E-state index in [1.807, 2.05) is 36.6 Å². The summed E-state index contributed by atoms with van der Waals surface area (Å²) in [5.74, 6) is 0.752. The van der Waals surface area contributed by atoms with Crippen LogP contribution in [0.4, 0.5) is 10.2 Å². The van der Waals surface area contributed by atoms with Gasteiger partial charge in [0.1, 0.15) is 23.0 Å². The number of fused-ring (bicyclic) bond motifs is 2. The van der Waals surface area contributed by atoms with Crippen molar-refractivity contribution in [3.63, 3.8) is 0 Å². The predicted octanol–water partition coefficient (Wildman–Crippen LogP) is 5.84. The molecule has 0 saturated carbocycles. The Bertz CT molecular complexity index is 1730. The molecule has 5 rings (SSSR count). The summed E-state index contributed by atoms with van der Waals surface area (Å²) < 4.78 is 17.2. The topological polar surface area (TPSA) is 132 Å². The van der Waals surface area contributed by atoms with Crippen LogP contribution in [-0.2, 0) is 0 Å². The summed E-state index contributed by atoms with van der Waals surface area (Å²) in [5, 5.41) is 9.31. The fourth-order valence-corrected chi connectivity index (χ4v) is 4.62. The lowest BCUT2D eigenvalue weighted by Crippen LogP contribution is -2.10. The van der Waals surface area contributed by atoms with Crippen LogP contribution < -0.4 is 11.5 Å². The molecule has 10 heteroatoms. The van der Waals surface area contributed by atoms with Gasteiger partial charge in [0.25, 0.3) is 0 Å². The smallest absolute Gasteiger partial charge is 0.156 e. The molecule has 0 aliphatic carbocycles. The highest BCUT2D eigenvalue weighted by Gasteiger charge is 2.23. The second kappa shape index (κ2) is 9.25. The lowest BCUT2D eigenvalue weighted by molar-refractivity contribution is 0.638. The van der Waals surface area contributed by atoms with Crippen molar-refractivity contribution in [2.45, 2.75) is 26.7 Å². The van der Waals surface area contributed by atoms with Crippen molar-refractivity contribution >= 4 is 51.0 Å². The Hall–Kier alpha value is -4.37. The minimum Gasteiger partial charge on any atom is -0.387 e. The highest BCUT2D eigenvalue weighted by molar-refractivity contribution is 6.35. The van der Waals surface area contributed by atoms with Crippen LogP contribution in [0.25, 0.3) is 38.8 Å². The molecule has 5 aromatic rings. The monoisotopic (exact) mass is 514 g/mol. The van der Waals surface area contributed by atoms with Crippen LogP contribution >= 0.6 is 11.6 Å². The van der Waals surface area contributed by atoms with Crippen molar-refractivity contribution in [1.82, 2.24) is 19.5 Å². The number of nitrogens with zero attached hydrogens (tertiary/aromatic N) is 5. The number of anilines is 1. The minimum atomic E-state index is -0.451. The zero-order valence-corrected chi connectivity index (χ0v) is 21.2. The van der Waals surface area contributed by atoms with Gasteiger partial charge in [0, 0.05) is 23.9 Å². The zero-order chi connectivity index (χ0) is 26.4. The average Bonchev–Trinajstić information content (AvgIpc) is 3.25. The van der Waals surface area contributed by atoms with Gasteiger partial charge in [-0.15, -0.1) is 0 Å². The molecule has 0 aliphatic heterocycles. The number of amidine groups is 2. The Morgan fingerprint density at radius 2 is 1.81 bits per heavy atom. The van der Waals surface area contributed by atoms with Gasteiger partial charge in [0.2, 0.25) is 0 Å². The van der Waals surface area contributed by atoms with Crippen LogP contribution in [0.2, 0.25) is 5.02 Å². The van der Waals surface area contributed by atoms with E-state index >= 15 is 4.39 Å². The molecule has 5 N–H and O–H groups in total. The van der Waals surface area contributed by atoms with Crippen molar-refractivity contribution in [3.05, 3.63) is 77.1 Å². The van der Waals surface area contributed by atoms with E-state index in [1.54, 1.807) is 31.5 Å². The molecule has 0 amide bonds. The van der Waals surface area contributed by atoms with Gasteiger partial charge >= 0.3 is 0 Å². The number of nitrogens with one attached hydrogen (secondary N) is 1. The van der Waals surface area contributed by atoms with E-state index in [-0.39, 0.29) is 23.0 Å². The maximum atomic E-state index is 15.3. The molecule has 0 aliphatic rings. The van der Waals surface area contributed by atoms with Gasteiger partial charge in [-0.25, -0.2) is 19.4 Å². The lowest BCUT2D eigenvalue weighted by atomic mass is 10.0. The lowest BCUT2D eigenvalue weighted by Gasteiger charge is -2.15. The molecular weight excluding hydrogens is 491 g/mol. The molecule has 186 valence electrons. The first-order chi connectivity index (χ1) is 17.7. The number of hydrogen-bond donors (Lipinski definition) is 3. The summed E-state index contributed by atoms with van der Waals surface area (Å²) in [4.78, 5) is 17.5. The van der Waals surface area contributed by atoms with Crippen LogP contribution in [0.15, 0.2) is 59.9 Å². The second-order valence-electron chi connectivity index (χ2n) is 9.01. The summed E-state index contributed by atoms with van der Waals surface area (Å²) in [6, 6.07) is 11.9. The number of nitrogen functional groups attached to an aromatic ring is 1. The molecule has 0 radical (unpaired) electrons. The van der Waals surface area contributed by atoms with Crippen molar-refractivity contribution in [1.29, 1.82) is 5.41 Å². The van der Waals surface area contributed by atoms with Crippen LogP contribution in [0.3, 0.4) is 0 Å². The summed E-state index contributed by atoms with van der Waals surface area (Å²) in [6.07, 6.45) is 3.21. The number of aromatic nitrogens is 4. The molecule has 2 aromatic carbocycles. The summed E-state index contributed by atoms with van der Waals surface area (Å²) in [7, 11) is 0. The summed E-state index contributed by atoms with van der Waals surface area (Å²) in [5.41, 5.74) is 15.9. The number of halogens is 2. The molecule has 0 spiro atoms. The van der Waals surface area contributed by atoms with Gasteiger partial charge in [0.05, 0.1) is 33.0 Å². The Morgan fingerprint density at radius 1 is 1.05 bits per heavy atom. The number of benzene rings is 2. The van der Waals surface area contributed by atoms with Gasteiger partial charge in [-0.1, -0.05) is 25.4 Å². The maximum absolute atomic E-state index is 15.3. The summed E-state index contributed by atoms with van der Waals surface area (Å²) in [6.45, 7) is 5.62. The van der Waals surface area contributed by atoms with Gasteiger partial charge in [-0.05, 0) is 60.5 Å². The predicted molar refractivity (Wildman–Crippen MR) is 147 cm³/mol. The minimum absolute atomic E-state index is 0.0392. The standard InChI is InChI=1S/C27H24ClFN8/c1-13(2)27-36-24-17(26(32)35-14(3)30)10-16(15-6-8-33-22(31)12-15)11-21(24)37(27)20-7-9-34-25-18(28)4-5-19(29)23(20)25/h4-13H,1-3H3,(H2,31,33)(H3,30,32,35). The first-order valence-electron chi connectivity index (χ1n) is 11.6. The molecule has 0 saturated heterocycles. The summed E-state index contributed by atoms with van der Waals surface area (Å²) >= 11 is 6.39. The van der Waals surface area contributed by atoms with E-state index in [1.165, 1.54) is 12.1 Å². The average molecular weight is 515 g/mol. The second-order valence-corrected chi connectivity index (χ2v) is 9.41. The third-order valence-corrected chi connectivity index (χ3v) is 6.28. The number of nitrogens with two attached hydrogens (primary N) is 2. The number of pyridine rings is 2. The van der Waals surface area contributed by atoms with E-state index in [0.717, 1.165) is 11.1 Å². The number of rotatable bonds is 4. The number of aliphatic imine (C=N–C) groups is 1. The van der Waals surface area contributed by atoms with Crippen molar-refractivity contribution in [3.8, 4) is 16.8 Å². The molecule has 0 atom stereocenters. The SMILES string of the molecule is CC(N)=NC(=N)c1cc(-c2ccnc(N)c2)cc2c1nc(C(C)C)n2-c1ccnc2c(Cl)ccc(F)c12. The highest BCUT2D eigenvalue weighted by Crippen LogP contribution is 2.36. The molecule has 3 aromatic heterocycles. The molecule has 0 fully saturated rings. The Kier molecular flexibility index (Phi) is 6.08. The fraction of sp³-hybridized carbons (Fsp3) is 0.148. The first-order valence-corrected chi connectivity index (χ1v) is 11.9. The maximum Gasteiger partial charge on any atom is 0.156 e. The Morgan fingerprint density at radius 3 is 2.51 bits per heavy atom. The fourth-order valence-electron chi connectivity index (χ4n) is 4.41. The molecule has 0 bridgehead atoms. The highest BCUT2D eigenvalue weighted by atomic mass is 35.5. The van der Waals surface area contributed by atoms with E-state index < -0.39 is 5.82 Å². The Balaban J connectivity index is 1.95. The van der Waals surface area contributed by atoms with Gasteiger partial charge in [-0.2, -0.15) is 0 Å². The van der Waals surface area contributed by atoms with Gasteiger partial charge in [0.15, 0.2) is 5.84 Å². The van der Waals surface area contributed by atoms with Crippen molar-refractivity contribution in [2.75, 3.05) is 5.73 Å². The van der Waals surface area contributed by atoms with E-state index in [0.29, 0.717) is 44.5 Å². The van der Waals surface area contributed by atoms with E-state index in [2.05, 4.69) is 15.0 Å². The van der Waals surface area contributed by atoms with Crippen molar-refractivity contribution < 1.29 is 4.39 Å². The van der Waals surface area contributed by atoms with Gasteiger partial charge < -0.3 is 11.5 Å². The van der Waals surface area contributed by atoms with Crippen LogP contribution in [0.1, 0.15) is 38.1 Å². The molecule has 8 nitrogen and oxygen atoms in total. The van der Waals surface area contributed by atoms with Crippen LogP contribution in [0, 0.1) is 11.2 Å². The molecule has 0 unspecified atom stereocenters. The van der Waals surface area contributed by atoms with Gasteiger partial charge in [-0.3, -0.25) is 15.0 Å². The first kappa shape index (κ1) is 24.3. The number of hydrogen-bond acceptors (Lipinski definition) is 5.